The van der Waals surface area contributed by atoms with E-state index in [9.17, 15) is 4.39 Å². The average Bonchev–Trinajstić information content (AvgIpc) is 2.35. The van der Waals surface area contributed by atoms with E-state index in [2.05, 4.69) is 48.3 Å². The maximum absolute atomic E-state index is 13.6. The summed E-state index contributed by atoms with van der Waals surface area (Å²) in [6.45, 7) is 9.13. The second-order valence-corrected chi connectivity index (χ2v) is 4.72. The second-order valence-electron chi connectivity index (χ2n) is 4.72. The number of nitrogens with zero attached hydrogens (tertiary/aromatic N) is 2. The predicted octanol–water partition coefficient (Wildman–Crippen LogP) is 3.28. The Hall–Kier alpha value is -1.39. The minimum Gasteiger partial charge on any atom is -0.364 e. The van der Waals surface area contributed by atoms with Gasteiger partial charge in [-0.15, -0.1) is 0 Å². The number of hydrogen-bond acceptors (Lipinski definition) is 4. The molecule has 0 aliphatic heterocycles. The van der Waals surface area contributed by atoms with E-state index in [1.54, 1.807) is 0 Å². The lowest BCUT2D eigenvalue weighted by atomic mass is 10.0. The molecule has 0 saturated heterocycles. The van der Waals surface area contributed by atoms with E-state index in [0.717, 1.165) is 19.4 Å². The quantitative estimate of drug-likeness (QED) is 0.784. The molecule has 1 aromatic heterocycles. The van der Waals surface area contributed by atoms with Crippen molar-refractivity contribution in [3.8, 4) is 0 Å². The van der Waals surface area contributed by atoms with Crippen molar-refractivity contribution in [1.82, 2.24) is 9.97 Å². The Morgan fingerprint density at radius 1 is 1.33 bits per heavy atom. The highest BCUT2D eigenvalue weighted by atomic mass is 19.1. The molecule has 2 N–H and O–H groups in total. The van der Waals surface area contributed by atoms with E-state index in [0.29, 0.717) is 11.9 Å². The zero-order chi connectivity index (χ0) is 13.5. The van der Waals surface area contributed by atoms with Crippen LogP contribution in [0.25, 0.3) is 0 Å². The van der Waals surface area contributed by atoms with Crippen LogP contribution in [0.15, 0.2) is 6.20 Å². The summed E-state index contributed by atoms with van der Waals surface area (Å²) in [5.74, 6) is 0.774. The molecular formula is C13H23FN4. The fourth-order valence-electron chi connectivity index (χ4n) is 1.71. The third kappa shape index (κ3) is 4.13. The molecule has 0 radical (unpaired) electrons. The first kappa shape index (κ1) is 14.7. The van der Waals surface area contributed by atoms with Crippen LogP contribution in [0.5, 0.6) is 0 Å². The van der Waals surface area contributed by atoms with E-state index >= 15 is 0 Å². The van der Waals surface area contributed by atoms with Gasteiger partial charge in [-0.2, -0.15) is 4.98 Å². The van der Waals surface area contributed by atoms with Gasteiger partial charge in [-0.1, -0.05) is 27.7 Å². The third-order valence-electron chi connectivity index (χ3n) is 2.84. The van der Waals surface area contributed by atoms with Crippen molar-refractivity contribution in [3.05, 3.63) is 12.0 Å². The van der Waals surface area contributed by atoms with Crippen molar-refractivity contribution in [2.45, 2.75) is 46.6 Å². The van der Waals surface area contributed by atoms with Gasteiger partial charge in [0.15, 0.2) is 11.6 Å². The molecule has 102 valence electrons. The summed E-state index contributed by atoms with van der Waals surface area (Å²) in [6, 6.07) is 0.216. The monoisotopic (exact) mass is 254 g/mol. The van der Waals surface area contributed by atoms with Crippen molar-refractivity contribution in [3.63, 3.8) is 0 Å². The van der Waals surface area contributed by atoms with Crippen molar-refractivity contribution in [2.24, 2.45) is 5.92 Å². The van der Waals surface area contributed by atoms with E-state index in [1.807, 2.05) is 0 Å². The summed E-state index contributed by atoms with van der Waals surface area (Å²) in [6.07, 6.45) is 3.12. The lowest BCUT2D eigenvalue weighted by molar-refractivity contribution is 0.504. The van der Waals surface area contributed by atoms with Gasteiger partial charge in [0.25, 0.3) is 0 Å². The highest BCUT2D eigenvalue weighted by Gasteiger charge is 2.14. The third-order valence-corrected chi connectivity index (χ3v) is 2.84. The fourth-order valence-corrected chi connectivity index (χ4v) is 1.71. The first-order valence-corrected chi connectivity index (χ1v) is 6.61. The summed E-state index contributed by atoms with van der Waals surface area (Å²) >= 11 is 0. The summed E-state index contributed by atoms with van der Waals surface area (Å²) in [5.41, 5.74) is 0. The molecule has 5 heteroatoms. The van der Waals surface area contributed by atoms with Crippen LogP contribution in [-0.4, -0.2) is 22.6 Å². The Kier molecular flexibility index (Phi) is 5.82. The molecule has 1 heterocycles. The molecule has 1 aromatic rings. The Morgan fingerprint density at radius 3 is 2.61 bits per heavy atom. The minimum absolute atomic E-state index is 0.216. The van der Waals surface area contributed by atoms with Crippen molar-refractivity contribution >= 4 is 11.8 Å². The summed E-state index contributed by atoms with van der Waals surface area (Å²) in [4.78, 5) is 8.09. The maximum atomic E-state index is 13.6. The maximum Gasteiger partial charge on any atom is 0.224 e. The van der Waals surface area contributed by atoms with Crippen molar-refractivity contribution < 1.29 is 4.39 Å². The minimum atomic E-state index is -0.406. The van der Waals surface area contributed by atoms with Gasteiger partial charge >= 0.3 is 0 Å². The van der Waals surface area contributed by atoms with Crippen LogP contribution in [-0.2, 0) is 0 Å². The van der Waals surface area contributed by atoms with E-state index < -0.39 is 5.82 Å². The molecule has 0 aliphatic rings. The van der Waals surface area contributed by atoms with Crippen LogP contribution < -0.4 is 10.6 Å². The first-order valence-electron chi connectivity index (χ1n) is 6.61. The number of aromatic nitrogens is 2. The van der Waals surface area contributed by atoms with Gasteiger partial charge in [0.05, 0.1) is 6.20 Å². The molecule has 1 rings (SSSR count). The second kappa shape index (κ2) is 7.13. The van der Waals surface area contributed by atoms with Gasteiger partial charge in [-0.25, -0.2) is 9.37 Å². The van der Waals surface area contributed by atoms with E-state index in [4.69, 9.17) is 0 Å². The molecule has 1 atom stereocenters. The van der Waals surface area contributed by atoms with E-state index in [1.165, 1.54) is 6.20 Å². The molecule has 0 bridgehead atoms. The highest BCUT2D eigenvalue weighted by molar-refractivity contribution is 5.41. The van der Waals surface area contributed by atoms with Crippen LogP contribution in [0, 0.1) is 11.7 Å². The molecule has 18 heavy (non-hydrogen) atoms. The molecule has 4 nitrogen and oxygen atoms in total. The van der Waals surface area contributed by atoms with Gasteiger partial charge in [0.2, 0.25) is 5.95 Å². The predicted molar refractivity (Wildman–Crippen MR) is 73.3 cm³/mol. The van der Waals surface area contributed by atoms with Gasteiger partial charge < -0.3 is 10.6 Å². The lowest BCUT2D eigenvalue weighted by Gasteiger charge is -2.21. The molecule has 0 fully saturated rings. The van der Waals surface area contributed by atoms with Crippen LogP contribution >= 0.6 is 0 Å². The van der Waals surface area contributed by atoms with Crippen molar-refractivity contribution in [2.75, 3.05) is 17.2 Å². The molecule has 0 aromatic carbocycles. The smallest absolute Gasteiger partial charge is 0.224 e. The van der Waals surface area contributed by atoms with Crippen LogP contribution in [0.4, 0.5) is 16.2 Å². The summed E-state index contributed by atoms with van der Waals surface area (Å²) in [7, 11) is 0. The Labute approximate surface area is 108 Å². The molecule has 0 saturated carbocycles. The Balaban J connectivity index is 2.79. The van der Waals surface area contributed by atoms with Crippen LogP contribution in [0.2, 0.25) is 0 Å². The number of nitrogens with one attached hydrogen (secondary N) is 2. The molecule has 1 unspecified atom stereocenters. The van der Waals surface area contributed by atoms with Gasteiger partial charge in [0.1, 0.15) is 0 Å². The first-order chi connectivity index (χ1) is 8.58. The molecule has 0 aliphatic carbocycles. The highest BCUT2D eigenvalue weighted by Crippen LogP contribution is 2.17. The Morgan fingerprint density at radius 2 is 2.06 bits per heavy atom. The van der Waals surface area contributed by atoms with Crippen molar-refractivity contribution in [1.29, 1.82) is 0 Å². The number of rotatable bonds is 7. The summed E-state index contributed by atoms with van der Waals surface area (Å²) < 4.78 is 13.6. The number of anilines is 2. The zero-order valence-electron chi connectivity index (χ0n) is 11.6. The van der Waals surface area contributed by atoms with Gasteiger partial charge in [0, 0.05) is 12.6 Å². The SMILES string of the molecule is CCCNc1ncc(F)c(NC(CC)C(C)C)n1. The van der Waals surface area contributed by atoms with Crippen LogP contribution in [0.3, 0.4) is 0 Å². The molecule has 0 amide bonds. The van der Waals surface area contributed by atoms with E-state index in [-0.39, 0.29) is 11.9 Å². The summed E-state index contributed by atoms with van der Waals surface area (Å²) in [5, 5.41) is 6.20. The lowest BCUT2D eigenvalue weighted by Crippen LogP contribution is -2.26. The Bertz CT molecular complexity index is 368. The van der Waals surface area contributed by atoms with Gasteiger partial charge in [-0.3, -0.25) is 0 Å². The standard InChI is InChI=1S/C13H23FN4/c1-5-7-15-13-16-8-10(14)12(18-13)17-11(6-2)9(3)4/h8-9,11H,5-7H2,1-4H3,(H2,15,16,17,18). The zero-order valence-corrected chi connectivity index (χ0v) is 11.6. The largest absolute Gasteiger partial charge is 0.364 e. The number of hydrogen-bond donors (Lipinski definition) is 2. The molecule has 0 spiro atoms. The molecular weight excluding hydrogens is 231 g/mol. The van der Waals surface area contributed by atoms with Gasteiger partial charge in [-0.05, 0) is 18.8 Å². The normalized spacial score (nSPS) is 12.6. The topological polar surface area (TPSA) is 49.8 Å². The average molecular weight is 254 g/mol. The fraction of sp³-hybridized carbons (Fsp3) is 0.692. The van der Waals surface area contributed by atoms with Crippen LogP contribution in [0.1, 0.15) is 40.5 Å². The number of halogens is 1.